The fourth-order valence-corrected chi connectivity index (χ4v) is 2.14. The number of amidine groups is 1. The molecule has 0 aliphatic carbocycles. The lowest BCUT2D eigenvalue weighted by Gasteiger charge is -2.28. The number of hydrogen-bond acceptors (Lipinski definition) is 6. The van der Waals surface area contributed by atoms with Crippen molar-refractivity contribution >= 4 is 23.2 Å². The van der Waals surface area contributed by atoms with Gasteiger partial charge in [-0.1, -0.05) is 0 Å². The molecular weight excluding hydrogens is 242 g/mol. The highest BCUT2D eigenvalue weighted by atomic mass is 16.5. The van der Waals surface area contributed by atoms with Crippen LogP contribution in [0.2, 0.25) is 0 Å². The smallest absolute Gasteiger partial charge is 0.224 e. The molecule has 1 aromatic rings. The number of anilines is 2. The van der Waals surface area contributed by atoms with E-state index in [0.717, 1.165) is 32.0 Å². The molecule has 100 valence electrons. The largest absolute Gasteiger partial charge is 0.385 e. The minimum absolute atomic E-state index is 0.480. The molecule has 0 amide bonds. The third kappa shape index (κ3) is 2.85. The molecule has 0 spiro atoms. The summed E-state index contributed by atoms with van der Waals surface area (Å²) >= 11 is 0. The van der Waals surface area contributed by atoms with Crippen molar-refractivity contribution in [3.63, 3.8) is 0 Å². The quantitative estimate of drug-likeness (QED) is 0.818. The van der Waals surface area contributed by atoms with Gasteiger partial charge in [0.2, 0.25) is 5.96 Å². The van der Waals surface area contributed by atoms with Crippen molar-refractivity contribution in [3.05, 3.63) is 24.3 Å². The summed E-state index contributed by atoms with van der Waals surface area (Å²) < 4.78 is 5.35. The van der Waals surface area contributed by atoms with Crippen LogP contribution in [-0.2, 0) is 4.74 Å². The first-order valence-corrected chi connectivity index (χ1v) is 6.38. The van der Waals surface area contributed by atoms with Gasteiger partial charge in [-0.3, -0.25) is 0 Å². The van der Waals surface area contributed by atoms with E-state index >= 15 is 0 Å². The number of nitrogens with one attached hydrogen (secondary N) is 1. The van der Waals surface area contributed by atoms with Crippen LogP contribution >= 0.6 is 0 Å². The van der Waals surface area contributed by atoms with Crippen molar-refractivity contribution in [1.29, 1.82) is 0 Å². The highest BCUT2D eigenvalue weighted by Gasteiger charge is 2.11. The maximum absolute atomic E-state index is 5.58. The monoisotopic (exact) mass is 259 g/mol. The van der Waals surface area contributed by atoms with Gasteiger partial charge < -0.3 is 20.7 Å². The average molecular weight is 259 g/mol. The van der Waals surface area contributed by atoms with Crippen molar-refractivity contribution in [1.82, 2.24) is 0 Å². The first kappa shape index (κ1) is 12.0. The van der Waals surface area contributed by atoms with Gasteiger partial charge in [-0.2, -0.15) is 4.99 Å². The van der Waals surface area contributed by atoms with Crippen molar-refractivity contribution in [3.8, 4) is 0 Å². The van der Waals surface area contributed by atoms with Crippen molar-refractivity contribution in [2.45, 2.75) is 0 Å². The lowest BCUT2D eigenvalue weighted by molar-refractivity contribution is 0.122. The first-order valence-electron chi connectivity index (χ1n) is 6.38. The van der Waals surface area contributed by atoms with E-state index in [2.05, 4.69) is 32.3 Å². The topological polar surface area (TPSA) is 75.2 Å². The van der Waals surface area contributed by atoms with Crippen LogP contribution in [0, 0.1) is 0 Å². The minimum Gasteiger partial charge on any atom is -0.385 e. The highest BCUT2D eigenvalue weighted by molar-refractivity contribution is 6.07. The zero-order valence-electron chi connectivity index (χ0n) is 10.7. The molecule has 0 bridgehead atoms. The Labute approximate surface area is 112 Å². The molecule has 2 aliphatic heterocycles. The molecule has 19 heavy (non-hydrogen) atoms. The third-order valence-corrected chi connectivity index (χ3v) is 3.14. The van der Waals surface area contributed by atoms with Crippen LogP contribution in [0.15, 0.2) is 34.3 Å². The van der Waals surface area contributed by atoms with Crippen LogP contribution in [0.4, 0.5) is 11.4 Å². The van der Waals surface area contributed by atoms with E-state index in [-0.39, 0.29) is 0 Å². The van der Waals surface area contributed by atoms with E-state index in [1.54, 1.807) is 0 Å². The van der Waals surface area contributed by atoms with Crippen molar-refractivity contribution in [2.24, 2.45) is 15.7 Å². The summed E-state index contributed by atoms with van der Waals surface area (Å²) in [6, 6.07) is 8.24. The lowest BCUT2D eigenvalue weighted by Crippen LogP contribution is -2.36. The van der Waals surface area contributed by atoms with E-state index in [1.165, 1.54) is 5.69 Å². The molecule has 3 rings (SSSR count). The minimum atomic E-state index is 0.480. The molecule has 2 heterocycles. The molecule has 1 saturated heterocycles. The summed E-state index contributed by atoms with van der Waals surface area (Å²) in [4.78, 5) is 10.6. The molecule has 0 unspecified atom stereocenters. The highest BCUT2D eigenvalue weighted by Crippen LogP contribution is 2.19. The molecule has 0 saturated carbocycles. The number of rotatable bonds is 2. The maximum atomic E-state index is 5.58. The second-order valence-electron chi connectivity index (χ2n) is 4.51. The molecule has 0 radical (unpaired) electrons. The summed E-state index contributed by atoms with van der Waals surface area (Å²) in [6.07, 6.45) is 0. The predicted octanol–water partition coefficient (Wildman–Crippen LogP) is 0.662. The number of benzene rings is 1. The van der Waals surface area contributed by atoms with E-state index in [0.29, 0.717) is 18.3 Å². The Morgan fingerprint density at radius 2 is 1.89 bits per heavy atom. The molecule has 1 aromatic carbocycles. The molecule has 2 aliphatic rings. The zero-order chi connectivity index (χ0) is 13.1. The second kappa shape index (κ2) is 5.27. The summed E-state index contributed by atoms with van der Waals surface area (Å²) in [5.74, 6) is 1.13. The Morgan fingerprint density at radius 1 is 1.16 bits per heavy atom. The standard InChI is InChI=1S/C13H17N5O/c14-12-9-15-13(17-12)16-10-1-3-11(4-2-10)18-5-7-19-8-6-18/h1-4H,5-9H2,(H3,14,15,16,17). The van der Waals surface area contributed by atoms with Gasteiger partial charge in [-0.25, -0.2) is 4.99 Å². The number of morpholine rings is 1. The van der Waals surface area contributed by atoms with Gasteiger partial charge in [0.25, 0.3) is 0 Å². The fourth-order valence-electron chi connectivity index (χ4n) is 2.14. The average Bonchev–Trinajstić information content (AvgIpc) is 2.86. The SMILES string of the molecule is NC1=NC(Nc2ccc(N3CCOCC3)cc2)=NC1. The van der Waals surface area contributed by atoms with E-state index < -0.39 is 0 Å². The van der Waals surface area contributed by atoms with Crippen LogP contribution in [0.25, 0.3) is 0 Å². The summed E-state index contributed by atoms with van der Waals surface area (Å²) in [6.45, 7) is 3.96. The van der Waals surface area contributed by atoms with Crippen LogP contribution in [0.1, 0.15) is 0 Å². The molecule has 0 aromatic heterocycles. The number of nitrogens with zero attached hydrogens (tertiary/aromatic N) is 3. The molecule has 6 heteroatoms. The van der Waals surface area contributed by atoms with Crippen LogP contribution < -0.4 is 16.0 Å². The van der Waals surface area contributed by atoms with E-state index in [9.17, 15) is 0 Å². The Bertz CT molecular complexity index is 502. The Kier molecular flexibility index (Phi) is 3.33. The number of hydrogen-bond donors (Lipinski definition) is 2. The van der Waals surface area contributed by atoms with Crippen LogP contribution in [0.5, 0.6) is 0 Å². The third-order valence-electron chi connectivity index (χ3n) is 3.14. The van der Waals surface area contributed by atoms with Gasteiger partial charge in [0.1, 0.15) is 12.4 Å². The van der Waals surface area contributed by atoms with Gasteiger partial charge in [0.15, 0.2) is 0 Å². The van der Waals surface area contributed by atoms with Gasteiger partial charge in [-0.05, 0) is 24.3 Å². The Morgan fingerprint density at radius 3 is 2.53 bits per heavy atom. The van der Waals surface area contributed by atoms with E-state index in [1.807, 2.05) is 12.1 Å². The lowest BCUT2D eigenvalue weighted by atomic mass is 10.2. The number of ether oxygens (including phenoxy) is 1. The van der Waals surface area contributed by atoms with Gasteiger partial charge in [0, 0.05) is 24.5 Å². The molecule has 3 N–H and O–H groups in total. The van der Waals surface area contributed by atoms with Gasteiger partial charge in [0.05, 0.1) is 13.2 Å². The van der Waals surface area contributed by atoms with Gasteiger partial charge in [-0.15, -0.1) is 0 Å². The van der Waals surface area contributed by atoms with Crippen molar-refractivity contribution < 1.29 is 4.74 Å². The normalized spacial score (nSPS) is 19.1. The van der Waals surface area contributed by atoms with Gasteiger partial charge >= 0.3 is 0 Å². The second-order valence-corrected chi connectivity index (χ2v) is 4.51. The Hall–Kier alpha value is -2.08. The van der Waals surface area contributed by atoms with E-state index in [4.69, 9.17) is 10.5 Å². The molecule has 1 fully saturated rings. The summed E-state index contributed by atoms with van der Waals surface area (Å²) in [5, 5.41) is 3.14. The summed E-state index contributed by atoms with van der Waals surface area (Å²) in [7, 11) is 0. The van der Waals surface area contributed by atoms with Crippen LogP contribution in [0.3, 0.4) is 0 Å². The fraction of sp³-hybridized carbons (Fsp3) is 0.385. The van der Waals surface area contributed by atoms with Crippen LogP contribution in [-0.4, -0.2) is 44.6 Å². The molecule has 0 atom stereocenters. The zero-order valence-corrected chi connectivity index (χ0v) is 10.7. The van der Waals surface area contributed by atoms with Crippen molar-refractivity contribution in [2.75, 3.05) is 43.1 Å². The predicted molar refractivity (Wildman–Crippen MR) is 77.0 cm³/mol. The Balaban J connectivity index is 1.65. The summed E-state index contributed by atoms with van der Waals surface area (Å²) in [5.41, 5.74) is 7.76. The number of nitrogens with two attached hydrogens (primary N) is 1. The number of aliphatic imine (C=N–C) groups is 2. The first-order chi connectivity index (χ1) is 9.31. The molecular formula is C13H17N5O. The maximum Gasteiger partial charge on any atom is 0.224 e. The number of guanidine groups is 1. The molecule has 6 nitrogen and oxygen atoms in total.